The number of nitrogens with one attached hydrogen (secondary N) is 1. The van der Waals surface area contributed by atoms with E-state index in [1.807, 2.05) is 29.7 Å². The molecule has 1 aromatic heterocycles. The van der Waals surface area contributed by atoms with Crippen molar-refractivity contribution < 1.29 is 4.57 Å². The van der Waals surface area contributed by atoms with E-state index in [0.717, 1.165) is 0 Å². The molecule has 70 valence electrons. The molecule has 5 heteroatoms. The fourth-order valence-corrected chi connectivity index (χ4v) is 5.99. The van der Waals surface area contributed by atoms with Crippen molar-refractivity contribution in [1.82, 2.24) is 4.98 Å². The summed E-state index contributed by atoms with van der Waals surface area (Å²) in [6.45, 7) is 0. The van der Waals surface area contributed by atoms with Gasteiger partial charge in [0, 0.05) is 0 Å². The first kappa shape index (κ1) is 9.71. The van der Waals surface area contributed by atoms with E-state index in [1.54, 1.807) is 0 Å². The average molecular weight is 278 g/mol. The minimum atomic E-state index is 0.704. The summed E-state index contributed by atoms with van der Waals surface area (Å²) in [5, 5.41) is 4.82. The van der Waals surface area contributed by atoms with Gasteiger partial charge in [0.2, 0.25) is 0 Å². The maximum absolute atomic E-state index is 3.25. The van der Waals surface area contributed by atoms with Crippen molar-refractivity contribution in [2.24, 2.45) is 7.05 Å². The van der Waals surface area contributed by atoms with Gasteiger partial charge in [-0.05, 0) is 0 Å². The molecule has 13 heavy (non-hydrogen) atoms. The average Bonchev–Trinajstić information content (AvgIpc) is 2.54. The van der Waals surface area contributed by atoms with Crippen LogP contribution < -0.4 is 4.57 Å². The number of hydrogen-bond acceptors (Lipinski definition) is 2. The Kier molecular flexibility index (Phi) is 3.44. The SMILES string of the molecule is C[n+]1cc[nH]c1SC1C[Se]C=CS1. The molecule has 1 aromatic rings. The number of aryl methyl sites for hydroxylation is 1. The third-order valence-electron chi connectivity index (χ3n) is 1.68. The summed E-state index contributed by atoms with van der Waals surface area (Å²) < 4.78 is 2.84. The summed E-state index contributed by atoms with van der Waals surface area (Å²) in [5.41, 5.74) is 0. The van der Waals surface area contributed by atoms with Crippen molar-refractivity contribution in [3.05, 3.63) is 22.8 Å². The molecule has 0 fully saturated rings. The second-order valence-corrected chi connectivity index (χ2v) is 7.24. The van der Waals surface area contributed by atoms with Crippen molar-refractivity contribution in [2.75, 3.05) is 0 Å². The number of imidazole rings is 1. The third-order valence-corrected chi connectivity index (χ3v) is 7.26. The van der Waals surface area contributed by atoms with Gasteiger partial charge in [0.1, 0.15) is 0 Å². The van der Waals surface area contributed by atoms with Crippen LogP contribution in [0.4, 0.5) is 0 Å². The molecule has 0 aromatic carbocycles. The van der Waals surface area contributed by atoms with Gasteiger partial charge in [0.05, 0.1) is 0 Å². The molecule has 0 saturated heterocycles. The Morgan fingerprint density at radius 2 is 2.69 bits per heavy atom. The Morgan fingerprint density at radius 3 is 3.31 bits per heavy atom. The van der Waals surface area contributed by atoms with Gasteiger partial charge >= 0.3 is 92.9 Å². The number of rotatable bonds is 2. The molecule has 0 radical (unpaired) electrons. The molecule has 1 unspecified atom stereocenters. The first-order valence-corrected chi connectivity index (χ1v) is 8.00. The van der Waals surface area contributed by atoms with Crippen LogP contribution in [0, 0.1) is 0 Å². The number of nitrogens with zero attached hydrogens (tertiary/aromatic N) is 1. The summed E-state index contributed by atoms with van der Waals surface area (Å²) in [5.74, 6) is 0. The van der Waals surface area contributed by atoms with Crippen LogP contribution in [0.3, 0.4) is 0 Å². The molecular formula is C8H11N2S2Se+. The first-order valence-electron chi connectivity index (χ1n) is 3.98. The third kappa shape index (κ3) is 2.56. The van der Waals surface area contributed by atoms with Gasteiger partial charge in [-0.1, -0.05) is 0 Å². The fraction of sp³-hybridized carbons (Fsp3) is 0.375. The normalized spacial score (nSPS) is 22.1. The zero-order chi connectivity index (χ0) is 9.10. The van der Waals surface area contributed by atoms with Crippen LogP contribution in [-0.2, 0) is 7.05 Å². The van der Waals surface area contributed by atoms with Gasteiger partial charge in [0.25, 0.3) is 0 Å². The van der Waals surface area contributed by atoms with E-state index in [4.69, 9.17) is 0 Å². The molecule has 1 N–H and O–H groups in total. The quantitative estimate of drug-likeness (QED) is 0.655. The molecule has 1 atom stereocenters. The Morgan fingerprint density at radius 1 is 1.77 bits per heavy atom. The van der Waals surface area contributed by atoms with Gasteiger partial charge in [0.15, 0.2) is 0 Å². The summed E-state index contributed by atoms with van der Waals surface area (Å²) in [4.78, 5) is 5.56. The van der Waals surface area contributed by atoms with Crippen LogP contribution in [0.1, 0.15) is 0 Å². The monoisotopic (exact) mass is 279 g/mol. The fourth-order valence-electron chi connectivity index (χ4n) is 1.03. The number of hydrogen-bond donors (Lipinski definition) is 1. The predicted octanol–water partition coefficient (Wildman–Crippen LogP) is 1.60. The number of thioether (sulfide) groups is 2. The zero-order valence-corrected chi connectivity index (χ0v) is 10.6. The van der Waals surface area contributed by atoms with Crippen molar-refractivity contribution >= 4 is 38.5 Å². The molecule has 0 aliphatic carbocycles. The molecule has 1 aliphatic rings. The van der Waals surface area contributed by atoms with Gasteiger partial charge in [-0.25, -0.2) is 0 Å². The molecule has 1 aliphatic heterocycles. The second kappa shape index (κ2) is 4.60. The van der Waals surface area contributed by atoms with E-state index in [0.29, 0.717) is 19.5 Å². The first-order chi connectivity index (χ1) is 6.36. The van der Waals surface area contributed by atoms with Gasteiger partial charge in [-0.15, -0.1) is 0 Å². The van der Waals surface area contributed by atoms with Gasteiger partial charge < -0.3 is 0 Å². The summed E-state index contributed by atoms with van der Waals surface area (Å²) >= 11 is 4.58. The maximum atomic E-state index is 3.25. The number of aromatic amines is 1. The van der Waals surface area contributed by atoms with Crippen LogP contribution >= 0.6 is 23.5 Å². The van der Waals surface area contributed by atoms with E-state index in [9.17, 15) is 0 Å². The Bertz CT molecular complexity index is 311. The van der Waals surface area contributed by atoms with E-state index < -0.39 is 0 Å². The molecule has 2 nitrogen and oxygen atoms in total. The summed E-state index contributed by atoms with van der Waals surface area (Å²) in [7, 11) is 2.08. The Labute approximate surface area is 92.7 Å². The van der Waals surface area contributed by atoms with Crippen molar-refractivity contribution in [2.45, 2.75) is 15.1 Å². The molecule has 0 bridgehead atoms. The standard InChI is InChI=1S/C8H10N2S2Se/c1-10-3-2-9-8(10)12-7-6-13-5-4-11-7/h2-5,7H,6H2,1H3/p+1. The van der Waals surface area contributed by atoms with E-state index >= 15 is 0 Å². The second-order valence-electron chi connectivity index (χ2n) is 2.67. The molecule has 2 rings (SSSR count). The molecule has 0 amide bonds. The molecule has 2 heterocycles. The van der Waals surface area contributed by atoms with Gasteiger partial charge in [-0.2, -0.15) is 0 Å². The number of H-pyrrole nitrogens is 1. The Hall–Kier alpha value is 0.169. The summed E-state index contributed by atoms with van der Waals surface area (Å²) in [6.07, 6.45) is 4.04. The van der Waals surface area contributed by atoms with Gasteiger partial charge in [-0.3, -0.25) is 0 Å². The van der Waals surface area contributed by atoms with Crippen LogP contribution in [0.2, 0.25) is 5.32 Å². The molecule has 0 saturated carbocycles. The summed E-state index contributed by atoms with van der Waals surface area (Å²) in [6, 6.07) is 0. The van der Waals surface area contributed by atoms with Crippen LogP contribution in [0.25, 0.3) is 0 Å². The van der Waals surface area contributed by atoms with Crippen molar-refractivity contribution in [1.29, 1.82) is 0 Å². The van der Waals surface area contributed by atoms with E-state index in [-0.39, 0.29) is 0 Å². The zero-order valence-electron chi connectivity index (χ0n) is 7.27. The van der Waals surface area contributed by atoms with E-state index in [2.05, 4.69) is 33.2 Å². The van der Waals surface area contributed by atoms with Crippen LogP contribution in [-0.4, -0.2) is 24.5 Å². The molecule has 0 spiro atoms. The van der Waals surface area contributed by atoms with Crippen LogP contribution in [0.5, 0.6) is 0 Å². The predicted molar refractivity (Wildman–Crippen MR) is 58.9 cm³/mol. The van der Waals surface area contributed by atoms with E-state index in [1.165, 1.54) is 10.5 Å². The van der Waals surface area contributed by atoms with Crippen molar-refractivity contribution in [3.8, 4) is 0 Å². The molecular weight excluding hydrogens is 267 g/mol. The van der Waals surface area contributed by atoms with Crippen molar-refractivity contribution in [3.63, 3.8) is 0 Å². The topological polar surface area (TPSA) is 19.7 Å². The Balaban J connectivity index is 1.98. The van der Waals surface area contributed by atoms with Crippen LogP contribution in [0.15, 0.2) is 27.9 Å². The minimum absolute atomic E-state index is 0.704. The number of aromatic nitrogens is 2.